The molecule has 2 aromatic carbocycles. The van der Waals surface area contributed by atoms with E-state index in [0.29, 0.717) is 23.0 Å². The van der Waals surface area contributed by atoms with Crippen molar-refractivity contribution < 1.29 is 27.9 Å². The van der Waals surface area contributed by atoms with Crippen LogP contribution in [0.15, 0.2) is 48.5 Å². The van der Waals surface area contributed by atoms with Crippen LogP contribution in [0.1, 0.15) is 6.92 Å². The van der Waals surface area contributed by atoms with Crippen LogP contribution in [0.2, 0.25) is 0 Å². The highest BCUT2D eigenvalue weighted by Gasteiger charge is 2.30. The number of carbonyl (C=O) groups is 1. The van der Waals surface area contributed by atoms with E-state index in [1.165, 1.54) is 6.92 Å². The van der Waals surface area contributed by atoms with Crippen molar-refractivity contribution in [1.29, 1.82) is 0 Å². The first-order chi connectivity index (χ1) is 11.4. The van der Waals surface area contributed by atoms with E-state index in [1.807, 2.05) is 0 Å². The molecule has 2 aromatic rings. The highest BCUT2D eigenvalue weighted by Crippen LogP contribution is 2.48. The smallest absolute Gasteiger partial charge is 0.438 e. The van der Waals surface area contributed by atoms with Gasteiger partial charge in [-0.05, 0) is 55.5 Å². The van der Waals surface area contributed by atoms with Gasteiger partial charge in [-0.1, -0.05) is 0 Å². The van der Waals surface area contributed by atoms with Crippen LogP contribution in [0.25, 0.3) is 0 Å². The zero-order valence-corrected chi connectivity index (χ0v) is 14.6. The zero-order chi connectivity index (χ0) is 17.6. The molecular formula is C17H19O6P. The summed E-state index contributed by atoms with van der Waals surface area (Å²) < 4.78 is 34.1. The van der Waals surface area contributed by atoms with Crippen LogP contribution >= 0.6 is 7.60 Å². The lowest BCUT2D eigenvalue weighted by molar-refractivity contribution is -0.114. The fourth-order valence-corrected chi connectivity index (χ4v) is 3.55. The maximum absolute atomic E-state index is 12.9. The Labute approximate surface area is 140 Å². The van der Waals surface area contributed by atoms with Crippen molar-refractivity contribution in [1.82, 2.24) is 0 Å². The number of carbonyl (C=O) groups excluding carboxylic acids is 1. The summed E-state index contributed by atoms with van der Waals surface area (Å²) in [5.74, 6) is 1.64. The number of ketones is 1. The average Bonchev–Trinajstić information content (AvgIpc) is 2.55. The molecule has 0 atom stereocenters. The Morgan fingerprint density at radius 2 is 1.12 bits per heavy atom. The molecule has 0 heterocycles. The molecule has 0 saturated heterocycles. The van der Waals surface area contributed by atoms with Crippen molar-refractivity contribution >= 4 is 13.4 Å². The predicted molar refractivity (Wildman–Crippen MR) is 90.4 cm³/mol. The van der Waals surface area contributed by atoms with E-state index in [1.54, 1.807) is 62.8 Å². The van der Waals surface area contributed by atoms with Gasteiger partial charge in [0.2, 0.25) is 0 Å². The molecule has 7 heteroatoms. The lowest BCUT2D eigenvalue weighted by atomic mass is 10.3. The van der Waals surface area contributed by atoms with Gasteiger partial charge in [0.15, 0.2) is 0 Å². The van der Waals surface area contributed by atoms with Crippen LogP contribution in [0.3, 0.4) is 0 Å². The van der Waals surface area contributed by atoms with Crippen molar-refractivity contribution in [2.75, 3.05) is 20.4 Å². The third-order valence-electron chi connectivity index (χ3n) is 3.02. The van der Waals surface area contributed by atoms with Gasteiger partial charge in [0, 0.05) is 0 Å². The summed E-state index contributed by atoms with van der Waals surface area (Å²) >= 11 is 0. The summed E-state index contributed by atoms with van der Waals surface area (Å²) in [6.45, 7) is 1.33. The number of Topliss-reactive ketones (excluding diaryl/α,β-unsaturated/α-hetero) is 1. The van der Waals surface area contributed by atoms with E-state index >= 15 is 0 Å². The molecule has 0 radical (unpaired) electrons. The van der Waals surface area contributed by atoms with Gasteiger partial charge < -0.3 is 18.5 Å². The molecule has 0 aliphatic heterocycles. The van der Waals surface area contributed by atoms with Crippen LogP contribution in [0.5, 0.6) is 23.0 Å². The van der Waals surface area contributed by atoms with E-state index in [9.17, 15) is 9.36 Å². The monoisotopic (exact) mass is 350 g/mol. The first kappa shape index (κ1) is 17.9. The highest BCUT2D eigenvalue weighted by atomic mass is 31.2. The quantitative estimate of drug-likeness (QED) is 0.672. The molecule has 24 heavy (non-hydrogen) atoms. The van der Waals surface area contributed by atoms with Crippen molar-refractivity contribution in [2.24, 2.45) is 0 Å². The second kappa shape index (κ2) is 7.88. The summed E-state index contributed by atoms with van der Waals surface area (Å²) in [4.78, 5) is 11.5. The maximum Gasteiger partial charge on any atom is 0.438 e. The largest absolute Gasteiger partial charge is 0.497 e. The van der Waals surface area contributed by atoms with E-state index in [2.05, 4.69) is 0 Å². The second-order valence-corrected chi connectivity index (χ2v) is 6.91. The van der Waals surface area contributed by atoms with Crippen LogP contribution in [-0.2, 0) is 9.36 Å². The number of hydrogen-bond acceptors (Lipinski definition) is 6. The second-order valence-electron chi connectivity index (χ2n) is 5.00. The number of benzene rings is 2. The molecule has 128 valence electrons. The molecular weight excluding hydrogens is 331 g/mol. The van der Waals surface area contributed by atoms with Gasteiger partial charge in [-0.25, -0.2) is 4.57 Å². The van der Waals surface area contributed by atoms with E-state index in [4.69, 9.17) is 18.5 Å². The van der Waals surface area contributed by atoms with E-state index in [-0.39, 0.29) is 11.9 Å². The molecule has 0 amide bonds. The van der Waals surface area contributed by atoms with Gasteiger partial charge in [-0.2, -0.15) is 0 Å². The normalized spacial score (nSPS) is 10.8. The van der Waals surface area contributed by atoms with Gasteiger partial charge in [-0.15, -0.1) is 0 Å². The van der Waals surface area contributed by atoms with Gasteiger partial charge in [0.25, 0.3) is 0 Å². The predicted octanol–water partition coefficient (Wildman–Crippen LogP) is 3.94. The summed E-state index contributed by atoms with van der Waals surface area (Å²) in [6.07, 6.45) is -0.328. The summed E-state index contributed by atoms with van der Waals surface area (Å²) in [6, 6.07) is 13.1. The lowest BCUT2D eigenvalue weighted by Gasteiger charge is -2.19. The summed E-state index contributed by atoms with van der Waals surface area (Å²) in [5, 5.41) is 0. The molecule has 6 nitrogen and oxygen atoms in total. The standard InChI is InChI=1S/C17H19O6P/c1-13(18)12-24(19,22-16-8-4-14(20-2)5-9-16)23-17-10-6-15(21-3)7-11-17/h4-11H,12H2,1-3H3. The Balaban J connectivity index is 2.20. The Morgan fingerprint density at radius 1 is 0.792 bits per heavy atom. The minimum atomic E-state index is -3.70. The fourth-order valence-electron chi connectivity index (χ4n) is 1.95. The third-order valence-corrected chi connectivity index (χ3v) is 4.83. The molecule has 0 unspecified atom stereocenters. The van der Waals surface area contributed by atoms with E-state index < -0.39 is 7.60 Å². The first-order valence-corrected chi connectivity index (χ1v) is 8.93. The minimum absolute atomic E-state index is 0.291. The Kier molecular flexibility index (Phi) is 5.88. The van der Waals surface area contributed by atoms with Gasteiger partial charge in [0.1, 0.15) is 34.9 Å². The summed E-state index contributed by atoms with van der Waals surface area (Å²) in [7, 11) is -0.608. The number of hydrogen-bond donors (Lipinski definition) is 0. The van der Waals surface area contributed by atoms with Crippen LogP contribution in [0.4, 0.5) is 0 Å². The zero-order valence-electron chi connectivity index (χ0n) is 13.7. The maximum atomic E-state index is 12.9. The molecule has 0 aliphatic rings. The summed E-state index contributed by atoms with van der Waals surface area (Å²) in [5.41, 5.74) is 0. The first-order valence-electron chi connectivity index (χ1n) is 7.20. The van der Waals surface area contributed by atoms with Crippen molar-refractivity contribution in [2.45, 2.75) is 6.92 Å². The molecule has 0 bridgehead atoms. The molecule has 2 rings (SSSR count). The number of ether oxygens (including phenoxy) is 2. The van der Waals surface area contributed by atoms with Crippen molar-refractivity contribution in [3.05, 3.63) is 48.5 Å². The average molecular weight is 350 g/mol. The third kappa shape index (κ3) is 5.03. The number of rotatable bonds is 8. The molecule has 0 saturated carbocycles. The lowest BCUT2D eigenvalue weighted by Crippen LogP contribution is -2.10. The minimum Gasteiger partial charge on any atom is -0.497 e. The Bertz CT molecular complexity index is 670. The van der Waals surface area contributed by atoms with Gasteiger partial charge in [0.05, 0.1) is 14.2 Å². The Hall–Kier alpha value is -2.46. The van der Waals surface area contributed by atoms with Crippen LogP contribution in [0, 0.1) is 0 Å². The Morgan fingerprint density at radius 3 is 1.42 bits per heavy atom. The fraction of sp³-hybridized carbons (Fsp3) is 0.235. The molecule has 0 aliphatic carbocycles. The molecule has 0 N–H and O–H groups in total. The van der Waals surface area contributed by atoms with Crippen molar-refractivity contribution in [3.8, 4) is 23.0 Å². The molecule has 0 spiro atoms. The van der Waals surface area contributed by atoms with Gasteiger partial charge in [-0.3, -0.25) is 4.79 Å². The SMILES string of the molecule is COc1ccc(OP(=O)(CC(C)=O)Oc2ccc(OC)cc2)cc1. The van der Waals surface area contributed by atoms with Gasteiger partial charge >= 0.3 is 7.60 Å². The highest BCUT2D eigenvalue weighted by molar-refractivity contribution is 7.55. The van der Waals surface area contributed by atoms with E-state index in [0.717, 1.165) is 0 Å². The molecule has 0 aromatic heterocycles. The molecule has 0 fully saturated rings. The van der Waals surface area contributed by atoms with Crippen molar-refractivity contribution in [3.63, 3.8) is 0 Å². The van der Waals surface area contributed by atoms with Crippen LogP contribution in [-0.4, -0.2) is 26.2 Å². The topological polar surface area (TPSA) is 71.1 Å². The number of methoxy groups -OCH3 is 2. The van der Waals surface area contributed by atoms with Crippen LogP contribution < -0.4 is 18.5 Å².